The fourth-order valence-corrected chi connectivity index (χ4v) is 4.19. The molecular weight excluding hydrogens is 338 g/mol. The van der Waals surface area contributed by atoms with E-state index >= 15 is 0 Å². The highest BCUT2D eigenvalue weighted by molar-refractivity contribution is 7.88. The van der Waals surface area contributed by atoms with Crippen molar-refractivity contribution in [2.24, 2.45) is 5.92 Å². The van der Waals surface area contributed by atoms with Crippen LogP contribution in [0.4, 0.5) is 0 Å². The van der Waals surface area contributed by atoms with Crippen LogP contribution >= 0.6 is 0 Å². The normalized spacial score (nSPS) is 21.4. The maximum absolute atomic E-state index is 13.0. The standard InChI is InChI=1S/C18H27N3O3S/c1-25(23,24)19-10-9-15-12-20-11-5-8-17(20)14-21(13-15)18(22)16-6-3-2-4-7-16/h5-6,8,11,15,19H,2-4,7,9-10,12-14H2,1H3. The van der Waals surface area contributed by atoms with E-state index in [4.69, 9.17) is 0 Å². The molecule has 1 atom stereocenters. The van der Waals surface area contributed by atoms with Crippen LogP contribution in [0.1, 0.15) is 37.8 Å². The van der Waals surface area contributed by atoms with E-state index in [1.165, 1.54) is 12.7 Å². The van der Waals surface area contributed by atoms with E-state index in [1.54, 1.807) is 0 Å². The van der Waals surface area contributed by atoms with Crippen LogP contribution in [0.25, 0.3) is 0 Å². The molecule has 1 unspecified atom stereocenters. The molecular formula is C18H27N3O3S. The minimum Gasteiger partial charge on any atom is -0.349 e. The molecule has 0 saturated carbocycles. The molecule has 138 valence electrons. The van der Waals surface area contributed by atoms with Crippen molar-refractivity contribution < 1.29 is 13.2 Å². The molecule has 1 amide bonds. The van der Waals surface area contributed by atoms with Crippen LogP contribution in [0.5, 0.6) is 0 Å². The third kappa shape index (κ3) is 4.95. The Hall–Kier alpha value is -1.60. The van der Waals surface area contributed by atoms with Gasteiger partial charge in [-0.05, 0) is 50.2 Å². The highest BCUT2D eigenvalue weighted by atomic mass is 32.2. The SMILES string of the molecule is CS(=O)(=O)NCCC1CN(C(=O)C2=CCCCC2)Cc2cccn2C1. The van der Waals surface area contributed by atoms with Gasteiger partial charge in [0.2, 0.25) is 15.9 Å². The van der Waals surface area contributed by atoms with Gasteiger partial charge in [0.05, 0.1) is 12.8 Å². The van der Waals surface area contributed by atoms with Crippen LogP contribution in [0.15, 0.2) is 30.0 Å². The zero-order valence-corrected chi connectivity index (χ0v) is 15.6. The van der Waals surface area contributed by atoms with Gasteiger partial charge >= 0.3 is 0 Å². The van der Waals surface area contributed by atoms with E-state index in [-0.39, 0.29) is 11.8 Å². The molecule has 1 aromatic heterocycles. The van der Waals surface area contributed by atoms with Gasteiger partial charge in [0.1, 0.15) is 0 Å². The van der Waals surface area contributed by atoms with E-state index < -0.39 is 10.0 Å². The topological polar surface area (TPSA) is 71.4 Å². The maximum Gasteiger partial charge on any atom is 0.249 e. The van der Waals surface area contributed by atoms with Gasteiger partial charge in [-0.3, -0.25) is 4.79 Å². The molecule has 25 heavy (non-hydrogen) atoms. The summed E-state index contributed by atoms with van der Waals surface area (Å²) in [5.74, 6) is 0.381. The molecule has 3 rings (SSSR count). The summed E-state index contributed by atoms with van der Waals surface area (Å²) in [6.07, 6.45) is 10.1. The summed E-state index contributed by atoms with van der Waals surface area (Å²) in [7, 11) is -3.18. The summed E-state index contributed by atoms with van der Waals surface area (Å²) < 4.78 is 27.3. The molecule has 0 saturated heterocycles. The Morgan fingerprint density at radius 3 is 2.88 bits per heavy atom. The van der Waals surface area contributed by atoms with Crippen LogP contribution in [0.2, 0.25) is 0 Å². The van der Waals surface area contributed by atoms with Crippen molar-refractivity contribution in [3.63, 3.8) is 0 Å². The van der Waals surface area contributed by atoms with E-state index in [9.17, 15) is 13.2 Å². The molecule has 1 aromatic rings. The molecule has 0 bridgehead atoms. The largest absolute Gasteiger partial charge is 0.349 e. The lowest BCUT2D eigenvalue weighted by Gasteiger charge is -2.26. The Morgan fingerprint density at radius 2 is 2.16 bits per heavy atom. The molecule has 2 aliphatic rings. The Labute approximate surface area is 149 Å². The first kappa shape index (κ1) is 18.2. The van der Waals surface area contributed by atoms with E-state index in [0.29, 0.717) is 26.1 Å². The number of hydrogen-bond donors (Lipinski definition) is 1. The molecule has 2 heterocycles. The van der Waals surface area contributed by atoms with Crippen molar-refractivity contribution in [3.05, 3.63) is 35.7 Å². The first-order valence-electron chi connectivity index (χ1n) is 8.99. The van der Waals surface area contributed by atoms with Crippen molar-refractivity contribution >= 4 is 15.9 Å². The number of aromatic nitrogens is 1. The summed E-state index contributed by atoms with van der Waals surface area (Å²) in [5, 5.41) is 0. The Bertz CT molecular complexity index is 751. The van der Waals surface area contributed by atoms with E-state index in [0.717, 1.165) is 37.1 Å². The minimum atomic E-state index is -3.18. The second-order valence-corrected chi connectivity index (χ2v) is 8.97. The molecule has 0 aromatic carbocycles. The van der Waals surface area contributed by atoms with Gasteiger partial charge < -0.3 is 9.47 Å². The quantitative estimate of drug-likeness (QED) is 0.866. The number of nitrogens with zero attached hydrogens (tertiary/aromatic N) is 2. The summed E-state index contributed by atoms with van der Waals surface area (Å²) in [5.41, 5.74) is 2.09. The molecule has 1 aliphatic heterocycles. The van der Waals surface area contributed by atoms with Gasteiger partial charge in [-0.15, -0.1) is 0 Å². The molecule has 6 nitrogen and oxygen atoms in total. The third-order valence-corrected chi connectivity index (χ3v) is 5.71. The number of allylic oxidation sites excluding steroid dienone is 1. The number of carbonyl (C=O) groups is 1. The average Bonchev–Trinajstić information content (AvgIpc) is 2.92. The number of sulfonamides is 1. The third-order valence-electron chi connectivity index (χ3n) is 4.98. The van der Waals surface area contributed by atoms with Crippen molar-refractivity contribution in [1.82, 2.24) is 14.2 Å². The van der Waals surface area contributed by atoms with Crippen LogP contribution < -0.4 is 4.72 Å². The summed E-state index contributed by atoms with van der Waals surface area (Å²) >= 11 is 0. The number of hydrogen-bond acceptors (Lipinski definition) is 3. The second kappa shape index (κ2) is 7.74. The van der Waals surface area contributed by atoms with E-state index in [2.05, 4.69) is 21.4 Å². The van der Waals surface area contributed by atoms with Crippen LogP contribution in [-0.2, 0) is 27.9 Å². The van der Waals surface area contributed by atoms with Crippen LogP contribution in [0.3, 0.4) is 0 Å². The fourth-order valence-electron chi connectivity index (χ4n) is 3.70. The lowest BCUT2D eigenvalue weighted by atomic mass is 9.98. The van der Waals surface area contributed by atoms with Gasteiger partial charge in [-0.1, -0.05) is 6.08 Å². The van der Waals surface area contributed by atoms with Crippen molar-refractivity contribution in [2.75, 3.05) is 19.3 Å². The van der Waals surface area contributed by atoms with Gasteiger partial charge in [-0.25, -0.2) is 13.1 Å². The van der Waals surface area contributed by atoms with Gasteiger partial charge in [0.25, 0.3) is 0 Å². The number of nitrogens with one attached hydrogen (secondary N) is 1. The molecule has 1 N–H and O–H groups in total. The summed E-state index contributed by atoms with van der Waals surface area (Å²) in [4.78, 5) is 14.9. The lowest BCUT2D eigenvalue weighted by molar-refractivity contribution is -0.128. The number of fused-ring (bicyclic) bond motifs is 1. The van der Waals surface area contributed by atoms with Crippen molar-refractivity contribution in [3.8, 4) is 0 Å². The van der Waals surface area contributed by atoms with E-state index in [1.807, 2.05) is 17.2 Å². The number of rotatable bonds is 5. The first-order valence-corrected chi connectivity index (χ1v) is 10.9. The molecule has 0 spiro atoms. The van der Waals surface area contributed by atoms with Gasteiger partial charge in [-0.2, -0.15) is 0 Å². The second-order valence-electron chi connectivity index (χ2n) is 7.13. The monoisotopic (exact) mass is 365 g/mol. The highest BCUT2D eigenvalue weighted by Gasteiger charge is 2.27. The van der Waals surface area contributed by atoms with Gasteiger partial charge in [0, 0.05) is 37.1 Å². The average molecular weight is 365 g/mol. The number of carbonyl (C=O) groups excluding carboxylic acids is 1. The zero-order valence-electron chi connectivity index (χ0n) is 14.8. The van der Waals surface area contributed by atoms with Crippen molar-refractivity contribution in [2.45, 2.75) is 45.2 Å². The number of amides is 1. The van der Waals surface area contributed by atoms with Crippen LogP contribution in [0, 0.1) is 5.92 Å². The molecule has 7 heteroatoms. The Kier molecular flexibility index (Phi) is 5.64. The smallest absolute Gasteiger partial charge is 0.249 e. The minimum absolute atomic E-state index is 0.149. The highest BCUT2D eigenvalue weighted by Crippen LogP contribution is 2.24. The Balaban J connectivity index is 1.72. The Morgan fingerprint density at radius 1 is 1.32 bits per heavy atom. The predicted molar refractivity (Wildman–Crippen MR) is 97.4 cm³/mol. The van der Waals surface area contributed by atoms with Crippen LogP contribution in [-0.4, -0.2) is 43.1 Å². The fraction of sp³-hybridized carbons (Fsp3) is 0.611. The lowest BCUT2D eigenvalue weighted by Crippen LogP contribution is -2.36. The molecule has 0 radical (unpaired) electrons. The summed E-state index contributed by atoms with van der Waals surface area (Å²) in [6.45, 7) is 2.52. The first-order chi connectivity index (χ1) is 11.9. The zero-order chi connectivity index (χ0) is 17.9. The maximum atomic E-state index is 13.0. The van der Waals surface area contributed by atoms with Crippen molar-refractivity contribution in [1.29, 1.82) is 0 Å². The molecule has 0 fully saturated rings. The molecule has 1 aliphatic carbocycles. The predicted octanol–water partition coefficient (Wildman–Crippen LogP) is 1.89. The van der Waals surface area contributed by atoms with Gasteiger partial charge in [0.15, 0.2) is 0 Å². The summed E-state index contributed by atoms with van der Waals surface area (Å²) in [6, 6.07) is 4.07.